The molecule has 0 saturated heterocycles. The molecule has 1 aromatic rings. The SMILES string of the molecule is CCOP(C)(=O)S.COP(O)(O)=S.Cc1ccc(OP(O)(O)=S)cc1. The Kier molecular flexibility index (Phi) is 14.4. The number of hydrogen-bond acceptors (Lipinski definition) is 6. The van der Waals surface area contributed by atoms with Crippen LogP contribution in [-0.4, -0.2) is 40.0 Å². The first-order chi connectivity index (χ1) is 11.1. The molecule has 4 N–H and O–H groups in total. The monoisotopic (exact) mass is 472 g/mol. The third-order valence-electron chi connectivity index (χ3n) is 1.85. The van der Waals surface area contributed by atoms with E-state index in [0.29, 0.717) is 12.4 Å². The smallest absolute Gasteiger partial charge is 0.375 e. The van der Waals surface area contributed by atoms with Crippen LogP contribution < -0.4 is 4.52 Å². The van der Waals surface area contributed by atoms with E-state index in [0.717, 1.165) is 12.7 Å². The molecule has 0 saturated carbocycles. The zero-order valence-corrected chi connectivity index (χ0v) is 19.3. The van der Waals surface area contributed by atoms with Gasteiger partial charge in [0.15, 0.2) is 0 Å². The van der Waals surface area contributed by atoms with Crippen molar-refractivity contribution in [3.8, 4) is 5.75 Å². The molecule has 0 spiro atoms. The molecule has 1 atom stereocenters. The molecule has 1 aromatic carbocycles. The highest BCUT2D eigenvalue weighted by Crippen LogP contribution is 2.46. The third kappa shape index (κ3) is 24.7. The van der Waals surface area contributed by atoms with E-state index in [2.05, 4.69) is 44.9 Å². The fraction of sp³-hybridized carbons (Fsp3) is 0.455. The molecule has 25 heavy (non-hydrogen) atoms. The molecule has 14 heteroatoms. The Morgan fingerprint density at radius 1 is 1.08 bits per heavy atom. The normalized spacial score (nSPS) is 13.5. The van der Waals surface area contributed by atoms with Gasteiger partial charge in [0, 0.05) is 25.6 Å². The van der Waals surface area contributed by atoms with Crippen LogP contribution in [0.1, 0.15) is 12.5 Å². The summed E-state index contributed by atoms with van der Waals surface area (Å²) in [5, 5.41) is 0. The van der Waals surface area contributed by atoms with Gasteiger partial charge in [0.2, 0.25) is 0 Å². The molecule has 1 unspecified atom stereocenters. The summed E-state index contributed by atoms with van der Waals surface area (Å²) in [4.78, 5) is 33.8. The molecule has 0 aliphatic carbocycles. The second kappa shape index (κ2) is 12.9. The van der Waals surface area contributed by atoms with Gasteiger partial charge in [-0.3, -0.25) is 4.57 Å². The van der Waals surface area contributed by atoms with Gasteiger partial charge in [-0.2, -0.15) is 0 Å². The summed E-state index contributed by atoms with van der Waals surface area (Å²) in [6, 6.07) is 6.90. The predicted molar refractivity (Wildman–Crippen MR) is 110 cm³/mol. The van der Waals surface area contributed by atoms with E-state index in [1.54, 1.807) is 31.2 Å². The van der Waals surface area contributed by atoms with Crippen molar-refractivity contribution in [2.24, 2.45) is 0 Å². The van der Waals surface area contributed by atoms with E-state index in [1.807, 2.05) is 6.92 Å². The molecule has 0 aliphatic heterocycles. The van der Waals surface area contributed by atoms with Crippen molar-refractivity contribution in [3.05, 3.63) is 29.8 Å². The Hall–Kier alpha value is 0.660. The topological polar surface area (TPSA) is 126 Å². The molecule has 0 amide bonds. The Labute approximate surface area is 163 Å². The Morgan fingerprint density at radius 2 is 1.48 bits per heavy atom. The lowest BCUT2D eigenvalue weighted by atomic mass is 10.2. The summed E-state index contributed by atoms with van der Waals surface area (Å²) in [5.41, 5.74) is 1.08. The van der Waals surface area contributed by atoms with Gasteiger partial charge in [0.25, 0.3) is 6.57 Å². The lowest BCUT2D eigenvalue weighted by Gasteiger charge is -2.09. The molecule has 0 heterocycles. The van der Waals surface area contributed by atoms with E-state index in [1.165, 1.54) is 6.66 Å². The Morgan fingerprint density at radius 3 is 1.68 bits per heavy atom. The minimum Gasteiger partial charge on any atom is -0.424 e. The van der Waals surface area contributed by atoms with Crippen LogP contribution in [0.5, 0.6) is 5.75 Å². The summed E-state index contributed by atoms with van der Waals surface area (Å²) < 4.78 is 23.8. The lowest BCUT2D eigenvalue weighted by molar-refractivity contribution is 0.306. The second-order valence-corrected chi connectivity index (χ2v) is 13.7. The van der Waals surface area contributed by atoms with Gasteiger partial charge in [0.1, 0.15) is 5.75 Å². The summed E-state index contributed by atoms with van der Waals surface area (Å²) in [7, 11) is 1.15. The fourth-order valence-corrected chi connectivity index (χ4v) is 2.46. The molecule has 0 fully saturated rings. The molecule has 8 nitrogen and oxygen atoms in total. The molecule has 0 aliphatic rings. The van der Waals surface area contributed by atoms with E-state index in [4.69, 9.17) is 24.1 Å². The van der Waals surface area contributed by atoms with E-state index in [-0.39, 0.29) is 0 Å². The van der Waals surface area contributed by atoms with Crippen molar-refractivity contribution >= 4 is 55.9 Å². The molecule has 0 bridgehead atoms. The van der Waals surface area contributed by atoms with E-state index < -0.39 is 20.0 Å². The first kappa shape index (κ1) is 27.9. The summed E-state index contributed by atoms with van der Waals surface area (Å²) >= 11 is 12.0. The van der Waals surface area contributed by atoms with Crippen LogP contribution in [-0.2, 0) is 37.2 Å². The minimum atomic E-state index is -3.57. The second-order valence-electron chi connectivity index (χ2n) is 4.29. The van der Waals surface area contributed by atoms with Gasteiger partial charge in [0.05, 0.1) is 6.61 Å². The van der Waals surface area contributed by atoms with Crippen LogP contribution in [0.3, 0.4) is 0 Å². The minimum absolute atomic E-state index is 0.383. The largest absolute Gasteiger partial charge is 0.424 e. The fourth-order valence-electron chi connectivity index (χ4n) is 0.976. The van der Waals surface area contributed by atoms with Crippen LogP contribution in [0, 0.1) is 6.92 Å². The summed E-state index contributed by atoms with van der Waals surface area (Å²) in [6.07, 6.45) is 0. The zero-order chi connectivity index (χ0) is 20.3. The van der Waals surface area contributed by atoms with Gasteiger partial charge in [-0.25, -0.2) is 0 Å². The van der Waals surface area contributed by atoms with Crippen molar-refractivity contribution < 1.29 is 37.7 Å². The number of thiol groups is 1. The Balaban J connectivity index is 0. The lowest BCUT2D eigenvalue weighted by Crippen LogP contribution is -1.89. The van der Waals surface area contributed by atoms with Crippen LogP contribution in [0.2, 0.25) is 0 Å². The predicted octanol–water partition coefficient (Wildman–Crippen LogP) is 3.20. The molecule has 0 aromatic heterocycles. The maximum Gasteiger partial charge on any atom is 0.375 e. The average molecular weight is 472 g/mol. The third-order valence-corrected chi connectivity index (χ3v) is 4.53. The van der Waals surface area contributed by atoms with Gasteiger partial charge in [-0.05, 0) is 37.8 Å². The zero-order valence-electron chi connectivity index (χ0n) is 14.0. The summed E-state index contributed by atoms with van der Waals surface area (Å²) in [6.45, 7) is -3.70. The van der Waals surface area contributed by atoms with Crippen LogP contribution in [0.25, 0.3) is 0 Å². The standard InChI is InChI=1S/C7H9O3PS.C3H9O2PS.CH5O3PS/c1-6-2-4-7(5-3-6)10-11(8,9)12;1-3-5-6(2,4)7;1-4-5(2,3)6/h2-5H,1H3,(H2,8,9,12);3H2,1-2H3,(H,4,7);1H3,(H2,2,3,6). The molecular weight excluding hydrogens is 449 g/mol. The summed E-state index contributed by atoms with van der Waals surface area (Å²) in [5.74, 6) is 0.383. The van der Waals surface area contributed by atoms with Gasteiger partial charge in [-0.1, -0.05) is 29.9 Å². The van der Waals surface area contributed by atoms with Crippen LogP contribution in [0.4, 0.5) is 0 Å². The number of hydrogen-bond donors (Lipinski definition) is 5. The molecule has 148 valence electrons. The number of aryl methyl sites for hydroxylation is 1. The highest BCUT2D eigenvalue weighted by molar-refractivity contribution is 8.46. The Bertz CT molecular complexity index is 622. The van der Waals surface area contributed by atoms with Crippen LogP contribution >= 0.6 is 32.3 Å². The quantitative estimate of drug-likeness (QED) is 0.322. The van der Waals surface area contributed by atoms with Gasteiger partial charge >= 0.3 is 13.4 Å². The average Bonchev–Trinajstić information content (AvgIpc) is 2.39. The maximum atomic E-state index is 10.5. The number of rotatable bonds is 5. The first-order valence-corrected chi connectivity index (χ1v) is 14.9. The van der Waals surface area contributed by atoms with E-state index in [9.17, 15) is 4.57 Å². The maximum absolute atomic E-state index is 10.5. The number of benzene rings is 1. The first-order valence-electron chi connectivity index (χ1n) is 6.47. The van der Waals surface area contributed by atoms with Crippen molar-refractivity contribution in [3.63, 3.8) is 0 Å². The van der Waals surface area contributed by atoms with Crippen LogP contribution in [0.15, 0.2) is 24.3 Å². The van der Waals surface area contributed by atoms with Gasteiger partial charge in [-0.15, -0.1) is 0 Å². The van der Waals surface area contributed by atoms with Crippen molar-refractivity contribution in [2.75, 3.05) is 20.4 Å². The van der Waals surface area contributed by atoms with Gasteiger partial charge < -0.3 is 33.1 Å². The van der Waals surface area contributed by atoms with Crippen molar-refractivity contribution in [1.29, 1.82) is 0 Å². The highest BCUT2D eigenvalue weighted by Gasteiger charge is 2.08. The van der Waals surface area contributed by atoms with E-state index >= 15 is 0 Å². The molecule has 1 rings (SSSR count). The molecular formula is C11H23O8P3S3. The highest BCUT2D eigenvalue weighted by atomic mass is 32.7. The van der Waals surface area contributed by atoms with Crippen molar-refractivity contribution in [2.45, 2.75) is 13.8 Å². The molecule has 0 radical (unpaired) electrons. The van der Waals surface area contributed by atoms with Crippen molar-refractivity contribution in [1.82, 2.24) is 0 Å².